The molecule has 4 aromatic rings. The minimum atomic E-state index is -0.825. The van der Waals surface area contributed by atoms with Crippen LogP contribution in [0, 0.1) is 23.0 Å². The Morgan fingerprint density at radius 1 is 1.19 bits per heavy atom. The van der Waals surface area contributed by atoms with Crippen LogP contribution in [0.4, 0.5) is 20.4 Å². The third-order valence-electron chi connectivity index (χ3n) is 4.67. The number of nitriles is 1. The number of rotatable bonds is 4. The normalized spacial score (nSPS) is 11.8. The lowest BCUT2D eigenvalue weighted by Gasteiger charge is -2.19. The molecule has 0 aliphatic rings. The highest BCUT2D eigenvalue weighted by Gasteiger charge is 2.22. The van der Waals surface area contributed by atoms with E-state index < -0.39 is 23.2 Å². The van der Waals surface area contributed by atoms with Crippen LogP contribution in [-0.4, -0.2) is 19.4 Å². The number of anilines is 2. The van der Waals surface area contributed by atoms with E-state index in [-0.39, 0.29) is 34.0 Å². The van der Waals surface area contributed by atoms with Gasteiger partial charge in [0.25, 0.3) is 5.56 Å². The van der Waals surface area contributed by atoms with Crippen molar-refractivity contribution in [1.29, 1.82) is 5.26 Å². The molecule has 0 saturated heterocycles. The standard InChI is InChI=1S/C21H15F2N7O/c1-11(28-20-15(9-24)19(25)26-10-27-20)18-17(12-6-13(22)8-14(23)7-12)21(31)30-5-3-2-4-16(30)29-18/h2-8,10-11H,1H3,(H3,25,26,27,28)/t11-/m0/s1. The molecule has 3 aromatic heterocycles. The summed E-state index contributed by atoms with van der Waals surface area (Å²) in [6, 6.07) is 9.10. The van der Waals surface area contributed by atoms with E-state index in [0.29, 0.717) is 5.65 Å². The number of nitrogens with zero attached hydrogens (tertiary/aromatic N) is 5. The van der Waals surface area contributed by atoms with Crippen LogP contribution in [0.1, 0.15) is 24.2 Å². The van der Waals surface area contributed by atoms with E-state index in [1.54, 1.807) is 25.1 Å². The zero-order valence-electron chi connectivity index (χ0n) is 16.2. The van der Waals surface area contributed by atoms with Crippen molar-refractivity contribution in [1.82, 2.24) is 19.4 Å². The molecule has 0 aliphatic heterocycles. The van der Waals surface area contributed by atoms with Gasteiger partial charge in [-0.25, -0.2) is 23.7 Å². The first-order valence-corrected chi connectivity index (χ1v) is 9.14. The average molecular weight is 419 g/mol. The van der Waals surface area contributed by atoms with Crippen LogP contribution in [0.3, 0.4) is 0 Å². The molecule has 3 N–H and O–H groups in total. The van der Waals surface area contributed by atoms with E-state index in [1.165, 1.54) is 16.9 Å². The lowest BCUT2D eigenvalue weighted by Crippen LogP contribution is -2.23. The van der Waals surface area contributed by atoms with Crippen LogP contribution in [0.2, 0.25) is 0 Å². The average Bonchev–Trinajstić information content (AvgIpc) is 2.73. The predicted octanol–water partition coefficient (Wildman–Crippen LogP) is 3.06. The van der Waals surface area contributed by atoms with Gasteiger partial charge in [0.1, 0.15) is 46.9 Å². The number of hydrogen-bond acceptors (Lipinski definition) is 7. The quantitative estimate of drug-likeness (QED) is 0.521. The van der Waals surface area contributed by atoms with Gasteiger partial charge in [-0.1, -0.05) is 6.07 Å². The first-order chi connectivity index (χ1) is 14.9. The molecular formula is C21H15F2N7O. The molecule has 0 aliphatic carbocycles. The van der Waals surface area contributed by atoms with E-state index >= 15 is 0 Å². The molecule has 4 rings (SSSR count). The summed E-state index contributed by atoms with van der Waals surface area (Å²) >= 11 is 0. The number of nitrogens with one attached hydrogen (secondary N) is 1. The fraction of sp³-hybridized carbons (Fsp3) is 0.0952. The lowest BCUT2D eigenvalue weighted by atomic mass is 10.0. The number of hydrogen-bond donors (Lipinski definition) is 2. The van der Waals surface area contributed by atoms with Gasteiger partial charge in [0.2, 0.25) is 0 Å². The molecule has 0 radical (unpaired) electrons. The molecule has 0 amide bonds. The van der Waals surface area contributed by atoms with Crippen molar-refractivity contribution >= 4 is 17.3 Å². The SMILES string of the molecule is C[C@H](Nc1ncnc(N)c1C#N)c1nc2ccccn2c(=O)c1-c1cc(F)cc(F)c1. The number of benzene rings is 1. The van der Waals surface area contributed by atoms with Crippen LogP contribution in [0.5, 0.6) is 0 Å². The van der Waals surface area contributed by atoms with Crippen LogP contribution in [0.15, 0.2) is 53.7 Å². The van der Waals surface area contributed by atoms with E-state index in [9.17, 15) is 18.8 Å². The van der Waals surface area contributed by atoms with Crippen molar-refractivity contribution in [2.75, 3.05) is 11.1 Å². The highest BCUT2D eigenvalue weighted by atomic mass is 19.1. The fourth-order valence-corrected chi connectivity index (χ4v) is 3.28. The third kappa shape index (κ3) is 3.64. The molecule has 0 bridgehead atoms. The predicted molar refractivity (Wildman–Crippen MR) is 110 cm³/mol. The maximum absolute atomic E-state index is 13.9. The Hall–Kier alpha value is -4.39. The first kappa shape index (κ1) is 19.9. The van der Waals surface area contributed by atoms with Crippen molar-refractivity contribution in [2.45, 2.75) is 13.0 Å². The molecule has 0 unspecified atom stereocenters. The van der Waals surface area contributed by atoms with Gasteiger partial charge < -0.3 is 11.1 Å². The number of pyridine rings is 1. The molecule has 10 heteroatoms. The summed E-state index contributed by atoms with van der Waals surface area (Å²) in [6.07, 6.45) is 2.71. The number of nitrogens with two attached hydrogens (primary N) is 1. The van der Waals surface area contributed by atoms with Gasteiger partial charge in [0.15, 0.2) is 0 Å². The van der Waals surface area contributed by atoms with Gasteiger partial charge in [-0.15, -0.1) is 0 Å². The zero-order chi connectivity index (χ0) is 22.1. The van der Waals surface area contributed by atoms with E-state index in [2.05, 4.69) is 20.3 Å². The molecule has 0 fully saturated rings. The molecule has 3 heterocycles. The Morgan fingerprint density at radius 3 is 2.65 bits per heavy atom. The van der Waals surface area contributed by atoms with Gasteiger partial charge in [-0.05, 0) is 36.8 Å². The third-order valence-corrected chi connectivity index (χ3v) is 4.67. The van der Waals surface area contributed by atoms with Gasteiger partial charge in [-0.2, -0.15) is 5.26 Å². The summed E-state index contributed by atoms with van der Waals surface area (Å²) in [5.74, 6) is -1.51. The Balaban J connectivity index is 1.94. The number of aromatic nitrogens is 4. The maximum Gasteiger partial charge on any atom is 0.266 e. The van der Waals surface area contributed by atoms with Crippen molar-refractivity contribution < 1.29 is 8.78 Å². The minimum absolute atomic E-state index is 0.00818. The van der Waals surface area contributed by atoms with E-state index in [0.717, 1.165) is 18.2 Å². The largest absolute Gasteiger partial charge is 0.382 e. The van der Waals surface area contributed by atoms with E-state index in [4.69, 9.17) is 5.73 Å². The minimum Gasteiger partial charge on any atom is -0.382 e. The van der Waals surface area contributed by atoms with Crippen molar-refractivity contribution in [3.63, 3.8) is 0 Å². The van der Waals surface area contributed by atoms with Crippen molar-refractivity contribution in [2.24, 2.45) is 0 Å². The Labute approximate surface area is 174 Å². The zero-order valence-corrected chi connectivity index (χ0v) is 16.2. The van der Waals surface area contributed by atoms with Gasteiger partial charge in [-0.3, -0.25) is 9.20 Å². The monoisotopic (exact) mass is 419 g/mol. The van der Waals surface area contributed by atoms with Crippen molar-refractivity contribution in [3.05, 3.63) is 82.2 Å². The molecule has 154 valence electrons. The van der Waals surface area contributed by atoms with Gasteiger partial charge >= 0.3 is 0 Å². The molecule has 0 spiro atoms. The van der Waals surface area contributed by atoms with Gasteiger partial charge in [0, 0.05) is 12.3 Å². The molecule has 31 heavy (non-hydrogen) atoms. The molecular weight excluding hydrogens is 404 g/mol. The Bertz CT molecular complexity index is 1390. The summed E-state index contributed by atoms with van der Waals surface area (Å²) in [5, 5.41) is 12.4. The summed E-state index contributed by atoms with van der Waals surface area (Å²) in [7, 11) is 0. The second-order valence-electron chi connectivity index (χ2n) is 6.72. The van der Waals surface area contributed by atoms with E-state index in [1.807, 2.05) is 6.07 Å². The lowest BCUT2D eigenvalue weighted by molar-refractivity contribution is 0.584. The number of halogens is 2. The topological polar surface area (TPSA) is 122 Å². The van der Waals surface area contributed by atoms with Crippen LogP contribution in [-0.2, 0) is 0 Å². The molecule has 8 nitrogen and oxygen atoms in total. The maximum atomic E-state index is 13.9. The highest BCUT2D eigenvalue weighted by molar-refractivity contribution is 5.69. The second kappa shape index (κ2) is 7.79. The Morgan fingerprint density at radius 2 is 1.94 bits per heavy atom. The summed E-state index contributed by atoms with van der Waals surface area (Å²) < 4.78 is 29.2. The summed E-state index contributed by atoms with van der Waals surface area (Å²) in [6.45, 7) is 1.68. The van der Waals surface area contributed by atoms with Crippen LogP contribution >= 0.6 is 0 Å². The first-order valence-electron chi connectivity index (χ1n) is 9.14. The number of fused-ring (bicyclic) bond motifs is 1. The molecule has 1 aromatic carbocycles. The smallest absolute Gasteiger partial charge is 0.266 e. The highest BCUT2D eigenvalue weighted by Crippen LogP contribution is 2.29. The summed E-state index contributed by atoms with van der Waals surface area (Å²) in [5.41, 5.74) is 5.90. The molecule has 0 saturated carbocycles. The van der Waals surface area contributed by atoms with Crippen LogP contribution in [0.25, 0.3) is 16.8 Å². The Kier molecular flexibility index (Phi) is 5.00. The van der Waals surface area contributed by atoms with Crippen LogP contribution < -0.4 is 16.6 Å². The molecule has 1 atom stereocenters. The number of nitrogen functional groups attached to an aromatic ring is 1. The summed E-state index contributed by atoms with van der Waals surface area (Å²) in [4.78, 5) is 25.6. The van der Waals surface area contributed by atoms with Gasteiger partial charge in [0.05, 0.1) is 17.3 Å². The second-order valence-corrected chi connectivity index (χ2v) is 6.72. The fourth-order valence-electron chi connectivity index (χ4n) is 3.28. The van der Waals surface area contributed by atoms with Crippen molar-refractivity contribution in [3.8, 4) is 17.2 Å².